The number of hydrogen-bond acceptors (Lipinski definition) is 3. The average Bonchev–Trinajstić information content (AvgIpc) is 3.03. The van der Waals surface area contributed by atoms with E-state index in [4.69, 9.17) is 4.98 Å². The number of carbonyl (C=O) groups excluding carboxylic acids is 1. The van der Waals surface area contributed by atoms with Gasteiger partial charge in [0.2, 0.25) is 5.91 Å². The largest absolute Gasteiger partial charge is 0.326 e. The molecule has 0 radical (unpaired) electrons. The Morgan fingerprint density at radius 1 is 1.04 bits per heavy atom. The summed E-state index contributed by atoms with van der Waals surface area (Å²) in [6, 6.07) is 18.2. The number of nitrogens with one attached hydrogen (secondary N) is 1. The van der Waals surface area contributed by atoms with Crippen molar-refractivity contribution >= 4 is 22.9 Å². The lowest BCUT2D eigenvalue weighted by Crippen LogP contribution is -2.10. The van der Waals surface area contributed by atoms with E-state index in [2.05, 4.69) is 31.3 Å². The minimum Gasteiger partial charge on any atom is -0.326 e. The monoisotopic (exact) mass is 350 g/mol. The fraction of sp³-hybridized carbons (Fsp3) is 0.238. The Labute approximate surface area is 152 Å². The Morgan fingerprint density at radius 3 is 2.44 bits per heavy atom. The third kappa shape index (κ3) is 4.34. The first-order valence-electron chi connectivity index (χ1n) is 8.60. The minimum absolute atomic E-state index is 0.0748. The van der Waals surface area contributed by atoms with Gasteiger partial charge in [-0.2, -0.15) is 0 Å². The zero-order chi connectivity index (χ0) is 17.6. The van der Waals surface area contributed by atoms with Crippen LogP contribution in [-0.2, 0) is 4.79 Å². The highest BCUT2D eigenvalue weighted by atomic mass is 32.1. The molecule has 0 fully saturated rings. The molecule has 0 saturated carbocycles. The van der Waals surface area contributed by atoms with E-state index in [1.165, 1.54) is 4.88 Å². The van der Waals surface area contributed by atoms with E-state index in [1.807, 2.05) is 42.5 Å². The summed E-state index contributed by atoms with van der Waals surface area (Å²) in [7, 11) is 0. The van der Waals surface area contributed by atoms with Crippen LogP contribution in [0.15, 0.2) is 54.6 Å². The molecular formula is C21H22N2OS. The molecule has 1 N–H and O–H groups in total. The number of aromatic nitrogens is 1. The second-order valence-electron chi connectivity index (χ2n) is 6.02. The van der Waals surface area contributed by atoms with Gasteiger partial charge < -0.3 is 5.32 Å². The van der Waals surface area contributed by atoms with Gasteiger partial charge in [0.25, 0.3) is 0 Å². The topological polar surface area (TPSA) is 42.0 Å². The molecule has 0 aliphatic carbocycles. The van der Waals surface area contributed by atoms with Crippen LogP contribution in [0.3, 0.4) is 0 Å². The van der Waals surface area contributed by atoms with Crippen molar-refractivity contribution < 1.29 is 4.79 Å². The number of anilines is 1. The van der Waals surface area contributed by atoms with E-state index in [0.29, 0.717) is 6.42 Å². The highest BCUT2D eigenvalue weighted by molar-refractivity contribution is 7.15. The minimum atomic E-state index is 0.0748. The van der Waals surface area contributed by atoms with Crippen LogP contribution in [0.5, 0.6) is 0 Å². The molecule has 0 aliphatic heterocycles. The van der Waals surface area contributed by atoms with Crippen LogP contribution in [0.25, 0.3) is 21.8 Å². The zero-order valence-electron chi connectivity index (χ0n) is 14.6. The molecule has 25 heavy (non-hydrogen) atoms. The Hall–Kier alpha value is -2.46. The van der Waals surface area contributed by atoms with Gasteiger partial charge in [-0.1, -0.05) is 55.8 Å². The van der Waals surface area contributed by atoms with E-state index in [1.54, 1.807) is 11.3 Å². The quantitative estimate of drug-likeness (QED) is 0.600. The number of aryl methyl sites for hydroxylation is 1. The summed E-state index contributed by atoms with van der Waals surface area (Å²) in [6.07, 6.45) is 2.52. The first-order chi connectivity index (χ1) is 12.2. The Bertz CT molecular complexity index is 838. The van der Waals surface area contributed by atoms with Gasteiger partial charge >= 0.3 is 0 Å². The summed E-state index contributed by atoms with van der Waals surface area (Å²) in [6.45, 7) is 4.18. The number of rotatable bonds is 6. The summed E-state index contributed by atoms with van der Waals surface area (Å²) in [5.74, 6) is 0.0748. The van der Waals surface area contributed by atoms with Crippen molar-refractivity contribution in [1.29, 1.82) is 0 Å². The number of unbranched alkanes of at least 4 members (excludes halogenated alkanes) is 1. The molecule has 0 spiro atoms. The third-order valence-corrected chi connectivity index (χ3v) is 5.04. The van der Waals surface area contributed by atoms with Crippen LogP contribution in [-0.4, -0.2) is 10.9 Å². The number of benzene rings is 2. The van der Waals surface area contributed by atoms with Crippen molar-refractivity contribution in [1.82, 2.24) is 4.98 Å². The number of nitrogens with zero attached hydrogens (tertiary/aromatic N) is 1. The van der Waals surface area contributed by atoms with Gasteiger partial charge in [-0.25, -0.2) is 4.98 Å². The van der Waals surface area contributed by atoms with E-state index >= 15 is 0 Å². The van der Waals surface area contributed by atoms with Crippen LogP contribution in [0.4, 0.5) is 5.69 Å². The molecule has 0 saturated heterocycles. The molecule has 0 atom stereocenters. The normalized spacial score (nSPS) is 10.6. The van der Waals surface area contributed by atoms with Crippen molar-refractivity contribution in [2.24, 2.45) is 0 Å². The van der Waals surface area contributed by atoms with Crippen molar-refractivity contribution in [3.05, 3.63) is 59.5 Å². The molecule has 0 unspecified atom stereocenters. The molecule has 128 valence electrons. The summed E-state index contributed by atoms with van der Waals surface area (Å²) >= 11 is 1.71. The molecule has 1 heterocycles. The van der Waals surface area contributed by atoms with Crippen LogP contribution in [0.1, 0.15) is 31.1 Å². The summed E-state index contributed by atoms with van der Waals surface area (Å²) in [5.41, 5.74) is 4.05. The molecule has 0 aliphatic rings. The van der Waals surface area contributed by atoms with Gasteiger partial charge in [0.1, 0.15) is 5.01 Å². The Balaban J connectivity index is 1.76. The standard InChI is InChI=1S/C21H22N2OS/c1-3-4-10-19(24)22-18-13-11-16(12-14-18)20-15(2)25-21(23-20)17-8-6-5-7-9-17/h5-9,11-14H,3-4,10H2,1-2H3,(H,22,24). The van der Waals surface area contributed by atoms with Gasteiger partial charge in [0.05, 0.1) is 5.69 Å². The molecule has 2 aromatic carbocycles. The maximum Gasteiger partial charge on any atom is 0.224 e. The van der Waals surface area contributed by atoms with Gasteiger partial charge in [0.15, 0.2) is 0 Å². The van der Waals surface area contributed by atoms with Crippen LogP contribution < -0.4 is 5.32 Å². The predicted molar refractivity (Wildman–Crippen MR) is 106 cm³/mol. The van der Waals surface area contributed by atoms with E-state index in [9.17, 15) is 4.79 Å². The third-order valence-electron chi connectivity index (χ3n) is 4.02. The molecule has 3 nitrogen and oxygen atoms in total. The number of carbonyl (C=O) groups is 1. The first kappa shape index (κ1) is 17.4. The smallest absolute Gasteiger partial charge is 0.224 e. The molecular weight excluding hydrogens is 328 g/mol. The summed E-state index contributed by atoms with van der Waals surface area (Å²) in [4.78, 5) is 17.8. The highest BCUT2D eigenvalue weighted by Crippen LogP contribution is 2.33. The van der Waals surface area contributed by atoms with Crippen LogP contribution in [0, 0.1) is 6.92 Å². The number of hydrogen-bond donors (Lipinski definition) is 1. The molecule has 3 aromatic rings. The predicted octanol–water partition coefficient (Wildman–Crippen LogP) is 5.91. The lowest BCUT2D eigenvalue weighted by Gasteiger charge is -2.06. The van der Waals surface area contributed by atoms with Crippen molar-refractivity contribution in [3.63, 3.8) is 0 Å². The lowest BCUT2D eigenvalue weighted by molar-refractivity contribution is -0.116. The Morgan fingerprint density at radius 2 is 1.76 bits per heavy atom. The van der Waals surface area contributed by atoms with Gasteiger partial charge in [-0.3, -0.25) is 4.79 Å². The SMILES string of the molecule is CCCCC(=O)Nc1ccc(-c2nc(-c3ccccc3)sc2C)cc1. The number of thiazole rings is 1. The Kier molecular flexibility index (Phi) is 5.61. The van der Waals surface area contributed by atoms with E-state index in [0.717, 1.165) is 40.4 Å². The molecule has 0 bridgehead atoms. The maximum absolute atomic E-state index is 11.8. The maximum atomic E-state index is 11.8. The van der Waals surface area contributed by atoms with Gasteiger partial charge in [-0.05, 0) is 25.5 Å². The molecule has 3 rings (SSSR count). The second kappa shape index (κ2) is 8.08. The fourth-order valence-electron chi connectivity index (χ4n) is 2.64. The van der Waals surface area contributed by atoms with Crippen molar-refractivity contribution in [2.45, 2.75) is 33.1 Å². The van der Waals surface area contributed by atoms with Crippen molar-refractivity contribution in [3.8, 4) is 21.8 Å². The lowest BCUT2D eigenvalue weighted by atomic mass is 10.1. The van der Waals surface area contributed by atoms with Gasteiger partial charge in [0, 0.05) is 28.1 Å². The van der Waals surface area contributed by atoms with Gasteiger partial charge in [-0.15, -0.1) is 11.3 Å². The summed E-state index contributed by atoms with van der Waals surface area (Å²) < 4.78 is 0. The highest BCUT2D eigenvalue weighted by Gasteiger charge is 2.11. The molecule has 1 amide bonds. The second-order valence-corrected chi connectivity index (χ2v) is 7.22. The average molecular weight is 350 g/mol. The molecule has 4 heteroatoms. The summed E-state index contributed by atoms with van der Waals surface area (Å²) in [5, 5.41) is 3.98. The molecule has 1 aromatic heterocycles. The zero-order valence-corrected chi connectivity index (χ0v) is 15.4. The van der Waals surface area contributed by atoms with E-state index < -0.39 is 0 Å². The van der Waals surface area contributed by atoms with Crippen molar-refractivity contribution in [2.75, 3.05) is 5.32 Å². The van der Waals surface area contributed by atoms with E-state index in [-0.39, 0.29) is 5.91 Å². The fourth-order valence-corrected chi connectivity index (χ4v) is 3.58. The number of amides is 1. The van der Waals surface area contributed by atoms with Crippen LogP contribution >= 0.6 is 11.3 Å². The first-order valence-corrected chi connectivity index (χ1v) is 9.42. The van der Waals surface area contributed by atoms with Crippen LogP contribution in [0.2, 0.25) is 0 Å².